The van der Waals surface area contributed by atoms with E-state index in [1.165, 1.54) is 6.08 Å². The summed E-state index contributed by atoms with van der Waals surface area (Å²) in [7, 11) is 0. The number of H-pyrrole nitrogens is 1. The predicted octanol–water partition coefficient (Wildman–Crippen LogP) is 2.76. The van der Waals surface area contributed by atoms with Crippen LogP contribution in [0.15, 0.2) is 49.2 Å². The van der Waals surface area contributed by atoms with Crippen LogP contribution in [0.3, 0.4) is 0 Å². The monoisotopic (exact) mass is 320 g/mol. The van der Waals surface area contributed by atoms with Crippen molar-refractivity contribution in [2.75, 3.05) is 5.32 Å². The molecule has 0 aliphatic rings. The number of aromatic amines is 1. The number of aromatic nitrogens is 2. The number of nitrogens with two attached hydrogens (primary N) is 1. The molecule has 0 fully saturated rings. The first-order valence-corrected chi connectivity index (χ1v) is 7.31. The summed E-state index contributed by atoms with van der Waals surface area (Å²) in [5.41, 5.74) is 9.29. The van der Waals surface area contributed by atoms with E-state index in [4.69, 9.17) is 5.73 Å². The molecule has 0 saturated heterocycles. The van der Waals surface area contributed by atoms with Gasteiger partial charge < -0.3 is 16.0 Å². The average Bonchev–Trinajstić information content (AvgIpc) is 2.94. The second-order valence-electron chi connectivity index (χ2n) is 5.39. The molecule has 2 heterocycles. The third-order valence-electron chi connectivity index (χ3n) is 3.70. The first kappa shape index (κ1) is 15.5. The number of fused-ring (bicyclic) bond motifs is 1. The van der Waals surface area contributed by atoms with Gasteiger partial charge in [-0.05, 0) is 48.4 Å². The van der Waals surface area contributed by atoms with E-state index >= 15 is 0 Å². The van der Waals surface area contributed by atoms with Gasteiger partial charge in [-0.2, -0.15) is 0 Å². The number of pyridine rings is 1. The molecular weight excluding hydrogens is 304 g/mol. The van der Waals surface area contributed by atoms with E-state index in [0.717, 1.165) is 22.2 Å². The fourth-order valence-corrected chi connectivity index (χ4v) is 2.65. The highest BCUT2D eigenvalue weighted by Gasteiger charge is 2.14. The highest BCUT2D eigenvalue weighted by atomic mass is 16.1. The predicted molar refractivity (Wildman–Crippen MR) is 93.6 cm³/mol. The molecule has 6 nitrogen and oxygen atoms in total. The lowest BCUT2D eigenvalue weighted by atomic mass is 9.99. The van der Waals surface area contributed by atoms with Gasteiger partial charge in [0.25, 0.3) is 5.91 Å². The minimum Gasteiger partial charge on any atom is -0.366 e. The molecule has 0 spiro atoms. The van der Waals surface area contributed by atoms with Crippen molar-refractivity contribution in [2.24, 2.45) is 5.73 Å². The number of benzene rings is 1. The summed E-state index contributed by atoms with van der Waals surface area (Å²) in [6.07, 6.45) is 2.80. The van der Waals surface area contributed by atoms with Gasteiger partial charge in [-0.1, -0.05) is 12.6 Å². The van der Waals surface area contributed by atoms with Crippen LogP contribution in [0.2, 0.25) is 0 Å². The Labute approximate surface area is 138 Å². The smallest absolute Gasteiger partial charge is 0.250 e. The quantitative estimate of drug-likeness (QED) is 0.644. The average molecular weight is 320 g/mol. The van der Waals surface area contributed by atoms with Crippen molar-refractivity contribution >= 4 is 28.5 Å². The van der Waals surface area contributed by atoms with Gasteiger partial charge >= 0.3 is 0 Å². The third kappa shape index (κ3) is 2.77. The molecule has 1 aromatic carbocycles. The van der Waals surface area contributed by atoms with Crippen LogP contribution >= 0.6 is 0 Å². The van der Waals surface area contributed by atoms with Gasteiger partial charge in [-0.15, -0.1) is 0 Å². The van der Waals surface area contributed by atoms with Gasteiger partial charge in [0.1, 0.15) is 5.82 Å². The van der Waals surface area contributed by atoms with E-state index in [9.17, 15) is 9.59 Å². The lowest BCUT2D eigenvalue weighted by Crippen LogP contribution is -2.11. The number of rotatable bonds is 4. The minimum absolute atomic E-state index is 0.327. The molecule has 0 saturated carbocycles. The Morgan fingerprint density at radius 1 is 1.29 bits per heavy atom. The Morgan fingerprint density at radius 2 is 2.08 bits per heavy atom. The molecule has 24 heavy (non-hydrogen) atoms. The fraction of sp³-hybridized carbons (Fsp3) is 0.0556. The molecule has 0 radical (unpaired) electrons. The minimum atomic E-state index is -0.484. The molecule has 0 atom stereocenters. The van der Waals surface area contributed by atoms with Crippen LogP contribution in [0.25, 0.3) is 22.0 Å². The summed E-state index contributed by atoms with van der Waals surface area (Å²) >= 11 is 0. The summed E-state index contributed by atoms with van der Waals surface area (Å²) < 4.78 is 0. The first-order valence-electron chi connectivity index (χ1n) is 7.31. The van der Waals surface area contributed by atoms with E-state index < -0.39 is 5.91 Å². The Kier molecular flexibility index (Phi) is 3.87. The van der Waals surface area contributed by atoms with Crippen molar-refractivity contribution in [1.82, 2.24) is 9.97 Å². The first-order chi connectivity index (χ1) is 11.5. The zero-order chi connectivity index (χ0) is 17.3. The van der Waals surface area contributed by atoms with Gasteiger partial charge in [0.15, 0.2) is 0 Å². The highest BCUT2D eigenvalue weighted by molar-refractivity contribution is 6.09. The van der Waals surface area contributed by atoms with Crippen LogP contribution in [-0.4, -0.2) is 21.8 Å². The van der Waals surface area contributed by atoms with Crippen molar-refractivity contribution in [3.8, 4) is 11.1 Å². The van der Waals surface area contributed by atoms with Crippen LogP contribution in [0.5, 0.6) is 0 Å². The lowest BCUT2D eigenvalue weighted by Gasteiger charge is -2.08. The number of carbonyl (C=O) groups is 2. The maximum absolute atomic E-state index is 11.6. The van der Waals surface area contributed by atoms with Gasteiger partial charge in [0.05, 0.1) is 11.1 Å². The second-order valence-corrected chi connectivity index (χ2v) is 5.39. The van der Waals surface area contributed by atoms with Crippen LogP contribution in [0, 0.1) is 6.92 Å². The van der Waals surface area contributed by atoms with E-state index in [2.05, 4.69) is 21.9 Å². The van der Waals surface area contributed by atoms with Crippen LogP contribution < -0.4 is 11.1 Å². The van der Waals surface area contributed by atoms with Crippen LogP contribution in [0.4, 0.5) is 5.82 Å². The topological polar surface area (TPSA) is 101 Å². The number of nitrogens with zero attached hydrogens (tertiary/aromatic N) is 1. The normalized spacial score (nSPS) is 10.5. The van der Waals surface area contributed by atoms with Crippen LogP contribution in [0.1, 0.15) is 16.1 Å². The number of amides is 2. The summed E-state index contributed by atoms with van der Waals surface area (Å²) in [5, 5.41) is 3.52. The fourth-order valence-electron chi connectivity index (χ4n) is 2.65. The van der Waals surface area contributed by atoms with Gasteiger partial charge in [-0.25, -0.2) is 4.98 Å². The van der Waals surface area contributed by atoms with Gasteiger partial charge in [0.2, 0.25) is 5.91 Å². The molecule has 3 aromatic rings. The molecule has 120 valence electrons. The van der Waals surface area contributed by atoms with E-state index in [0.29, 0.717) is 16.9 Å². The molecule has 2 aromatic heterocycles. The molecule has 4 N–H and O–H groups in total. The third-order valence-corrected chi connectivity index (χ3v) is 3.70. The van der Waals surface area contributed by atoms with Crippen molar-refractivity contribution in [1.29, 1.82) is 0 Å². The van der Waals surface area contributed by atoms with Crippen molar-refractivity contribution in [3.05, 3.63) is 60.4 Å². The number of anilines is 1. The zero-order valence-electron chi connectivity index (χ0n) is 13.1. The number of primary amides is 1. The molecule has 0 bridgehead atoms. The van der Waals surface area contributed by atoms with Gasteiger partial charge in [-0.3, -0.25) is 9.59 Å². The van der Waals surface area contributed by atoms with E-state index in [1.54, 1.807) is 18.3 Å². The number of carbonyl (C=O) groups excluding carboxylic acids is 2. The molecule has 3 rings (SSSR count). The number of hydrogen-bond acceptors (Lipinski definition) is 3. The molecule has 0 aliphatic heterocycles. The van der Waals surface area contributed by atoms with E-state index in [1.807, 2.05) is 25.1 Å². The largest absolute Gasteiger partial charge is 0.366 e. The summed E-state index contributed by atoms with van der Waals surface area (Å²) in [4.78, 5) is 30.4. The summed E-state index contributed by atoms with van der Waals surface area (Å²) in [6, 6.07) is 9.09. The van der Waals surface area contributed by atoms with Crippen molar-refractivity contribution < 1.29 is 9.59 Å². The van der Waals surface area contributed by atoms with Crippen LogP contribution in [-0.2, 0) is 4.79 Å². The standard InChI is InChI=1S/C18H16N4O2/c1-3-16(23)22-15-9-11(6-7-20-15)12-4-5-13(18(19)24)17-14(12)8-10(2)21-17/h3-9,21H,1H2,2H3,(H2,19,24)(H,20,22,23). The molecule has 2 amide bonds. The maximum atomic E-state index is 11.6. The Hall–Kier alpha value is -3.41. The zero-order valence-corrected chi connectivity index (χ0v) is 13.1. The highest BCUT2D eigenvalue weighted by Crippen LogP contribution is 2.32. The Morgan fingerprint density at radius 3 is 2.79 bits per heavy atom. The SMILES string of the molecule is C=CC(=O)Nc1cc(-c2ccc(C(N)=O)c3[nH]c(C)cc23)ccn1. The second kappa shape index (κ2) is 6.00. The summed E-state index contributed by atoms with van der Waals surface area (Å²) in [5.74, 6) is -0.384. The number of nitrogens with one attached hydrogen (secondary N) is 2. The number of aryl methyl sites for hydroxylation is 1. The lowest BCUT2D eigenvalue weighted by molar-refractivity contribution is -0.111. The maximum Gasteiger partial charge on any atom is 0.250 e. The Balaban J connectivity index is 2.15. The van der Waals surface area contributed by atoms with Crippen molar-refractivity contribution in [3.63, 3.8) is 0 Å². The summed E-state index contributed by atoms with van der Waals surface area (Å²) in [6.45, 7) is 5.33. The molecular formula is C18H16N4O2. The molecule has 0 unspecified atom stereocenters. The van der Waals surface area contributed by atoms with Crippen molar-refractivity contribution in [2.45, 2.75) is 6.92 Å². The van der Waals surface area contributed by atoms with E-state index in [-0.39, 0.29) is 5.91 Å². The van der Waals surface area contributed by atoms with Gasteiger partial charge in [0, 0.05) is 17.3 Å². The Bertz CT molecular complexity index is 972. The molecule has 6 heteroatoms. The number of hydrogen-bond donors (Lipinski definition) is 3. The molecule has 0 aliphatic carbocycles.